The molecular weight excluding hydrogens is 270 g/mol. The van der Waals surface area contributed by atoms with Gasteiger partial charge in [0.05, 0.1) is 11.8 Å². The highest BCUT2D eigenvalue weighted by Crippen LogP contribution is 2.42. The van der Waals surface area contributed by atoms with Crippen molar-refractivity contribution in [1.29, 1.82) is 5.26 Å². The summed E-state index contributed by atoms with van der Waals surface area (Å²) in [4.78, 5) is 6.97. The average Bonchev–Trinajstić information content (AvgIpc) is 3.08. The van der Waals surface area contributed by atoms with Gasteiger partial charge in [-0.3, -0.25) is 4.98 Å². The molecule has 0 spiro atoms. The van der Waals surface area contributed by atoms with Gasteiger partial charge in [0.1, 0.15) is 5.41 Å². The van der Waals surface area contributed by atoms with E-state index >= 15 is 0 Å². The number of hydrogen-bond donors (Lipinski definition) is 0. The van der Waals surface area contributed by atoms with Crippen LogP contribution in [-0.4, -0.2) is 29.5 Å². The van der Waals surface area contributed by atoms with Crippen molar-refractivity contribution in [2.45, 2.75) is 18.8 Å². The molecule has 2 unspecified atom stereocenters. The highest BCUT2D eigenvalue weighted by Gasteiger charge is 2.46. The third-order valence-corrected chi connectivity index (χ3v) is 4.81. The molecule has 1 aliphatic rings. The molecule has 1 saturated heterocycles. The summed E-state index contributed by atoms with van der Waals surface area (Å²) in [6, 6.07) is 18.7. The number of likely N-dealkylation sites (tertiary alicyclic amines) is 1. The fourth-order valence-electron chi connectivity index (χ4n) is 3.58. The number of benzene rings is 1. The Labute approximate surface area is 132 Å². The first-order valence-corrected chi connectivity index (χ1v) is 7.92. The quantitative estimate of drug-likeness (QED) is 0.868. The van der Waals surface area contributed by atoms with Crippen LogP contribution in [0.1, 0.15) is 24.6 Å². The normalized spacial score (nSPS) is 21.2. The predicted molar refractivity (Wildman–Crippen MR) is 87.3 cm³/mol. The van der Waals surface area contributed by atoms with Crippen molar-refractivity contribution < 1.29 is 0 Å². The lowest BCUT2D eigenvalue weighted by molar-refractivity contribution is 0.316. The molecule has 112 valence electrons. The average molecular weight is 291 g/mol. The van der Waals surface area contributed by atoms with Crippen molar-refractivity contribution in [3.05, 3.63) is 66.0 Å². The molecule has 1 aliphatic heterocycles. The maximum atomic E-state index is 10.2. The Morgan fingerprint density at radius 2 is 2.00 bits per heavy atom. The molecule has 0 aliphatic carbocycles. The van der Waals surface area contributed by atoms with E-state index in [0.717, 1.165) is 37.3 Å². The van der Waals surface area contributed by atoms with Crippen LogP contribution in [0.3, 0.4) is 0 Å². The number of pyridine rings is 1. The smallest absolute Gasteiger partial charge is 0.128 e. The summed E-state index contributed by atoms with van der Waals surface area (Å²) in [5.41, 5.74) is 1.26. The van der Waals surface area contributed by atoms with Crippen molar-refractivity contribution in [2.75, 3.05) is 19.6 Å². The maximum absolute atomic E-state index is 10.2. The van der Waals surface area contributed by atoms with Crippen LogP contribution in [0.25, 0.3) is 0 Å². The second kappa shape index (κ2) is 6.29. The van der Waals surface area contributed by atoms with Gasteiger partial charge in [0.15, 0.2) is 0 Å². The molecule has 0 bridgehead atoms. The lowest BCUT2D eigenvalue weighted by atomic mass is 9.68. The van der Waals surface area contributed by atoms with E-state index in [1.807, 2.05) is 36.4 Å². The largest absolute Gasteiger partial charge is 0.303 e. The van der Waals surface area contributed by atoms with E-state index in [9.17, 15) is 5.26 Å². The fourth-order valence-corrected chi connectivity index (χ4v) is 3.58. The maximum Gasteiger partial charge on any atom is 0.128 e. The standard InChI is InChI=1S/C19H21N3/c1-2-22-13-11-17(14-22)19(15-20,16-8-4-3-5-9-16)18-10-6-7-12-21-18/h3-10,12,17H,2,11,13-14H2,1H3. The molecule has 2 atom stereocenters. The van der Waals surface area contributed by atoms with E-state index in [4.69, 9.17) is 0 Å². The van der Waals surface area contributed by atoms with Crippen LogP contribution in [0, 0.1) is 17.2 Å². The number of rotatable bonds is 4. The van der Waals surface area contributed by atoms with Crippen molar-refractivity contribution in [3.63, 3.8) is 0 Å². The number of hydrogen-bond acceptors (Lipinski definition) is 3. The van der Waals surface area contributed by atoms with Crippen LogP contribution in [-0.2, 0) is 5.41 Å². The van der Waals surface area contributed by atoms with Crippen LogP contribution in [0.2, 0.25) is 0 Å². The van der Waals surface area contributed by atoms with Crippen LogP contribution in [0.4, 0.5) is 0 Å². The van der Waals surface area contributed by atoms with Crippen LogP contribution in [0.15, 0.2) is 54.7 Å². The Morgan fingerprint density at radius 3 is 2.59 bits per heavy atom. The molecule has 22 heavy (non-hydrogen) atoms. The van der Waals surface area contributed by atoms with Crippen LogP contribution in [0.5, 0.6) is 0 Å². The molecule has 3 rings (SSSR count). The van der Waals surface area contributed by atoms with Gasteiger partial charge in [0.25, 0.3) is 0 Å². The summed E-state index contributed by atoms with van der Waals surface area (Å²) in [5.74, 6) is 0.273. The first kappa shape index (κ1) is 14.7. The van der Waals surface area contributed by atoms with Crippen molar-refractivity contribution in [3.8, 4) is 6.07 Å². The third kappa shape index (κ3) is 2.40. The van der Waals surface area contributed by atoms with Gasteiger partial charge in [-0.15, -0.1) is 0 Å². The molecule has 2 heterocycles. The highest BCUT2D eigenvalue weighted by atomic mass is 15.1. The fraction of sp³-hybridized carbons (Fsp3) is 0.368. The van der Waals surface area contributed by atoms with E-state index in [2.05, 4.69) is 35.0 Å². The summed E-state index contributed by atoms with van der Waals surface area (Å²) in [6.07, 6.45) is 2.82. The van der Waals surface area contributed by atoms with Crippen LogP contribution >= 0.6 is 0 Å². The molecule has 0 N–H and O–H groups in total. The molecule has 2 aromatic rings. The van der Waals surface area contributed by atoms with Gasteiger partial charge in [-0.2, -0.15) is 5.26 Å². The Hall–Kier alpha value is -2.18. The Morgan fingerprint density at radius 1 is 1.23 bits per heavy atom. The monoisotopic (exact) mass is 291 g/mol. The third-order valence-electron chi connectivity index (χ3n) is 4.81. The van der Waals surface area contributed by atoms with Crippen molar-refractivity contribution >= 4 is 0 Å². The molecule has 3 nitrogen and oxygen atoms in total. The Bertz CT molecular complexity index is 606. The summed E-state index contributed by atoms with van der Waals surface area (Å²) in [6.45, 7) is 5.23. The van der Waals surface area contributed by atoms with Gasteiger partial charge < -0.3 is 4.90 Å². The number of aromatic nitrogens is 1. The van der Waals surface area contributed by atoms with Gasteiger partial charge >= 0.3 is 0 Å². The minimum absolute atomic E-state index is 0.273. The second-order valence-electron chi connectivity index (χ2n) is 5.88. The topological polar surface area (TPSA) is 39.9 Å². The molecule has 1 aromatic heterocycles. The van der Waals surface area contributed by atoms with E-state index in [1.165, 1.54) is 0 Å². The SMILES string of the molecule is CCN1CCC(C(C#N)(c2ccccc2)c2ccccn2)C1. The second-order valence-corrected chi connectivity index (χ2v) is 5.88. The Balaban J connectivity index is 2.12. The zero-order valence-corrected chi connectivity index (χ0v) is 12.9. The van der Waals surface area contributed by atoms with E-state index in [-0.39, 0.29) is 5.92 Å². The van der Waals surface area contributed by atoms with Gasteiger partial charge in [-0.1, -0.05) is 43.3 Å². The number of nitrogens with zero attached hydrogens (tertiary/aromatic N) is 3. The van der Waals surface area contributed by atoms with Gasteiger partial charge in [0.2, 0.25) is 0 Å². The summed E-state index contributed by atoms with van der Waals surface area (Å²) in [7, 11) is 0. The summed E-state index contributed by atoms with van der Waals surface area (Å²) < 4.78 is 0. The lowest BCUT2D eigenvalue weighted by Gasteiger charge is -2.33. The van der Waals surface area contributed by atoms with Crippen molar-refractivity contribution in [2.24, 2.45) is 5.92 Å². The van der Waals surface area contributed by atoms with Gasteiger partial charge in [-0.05, 0) is 37.2 Å². The van der Waals surface area contributed by atoms with E-state index < -0.39 is 5.41 Å². The van der Waals surface area contributed by atoms with Crippen LogP contribution < -0.4 is 0 Å². The molecule has 0 radical (unpaired) electrons. The lowest BCUT2D eigenvalue weighted by Crippen LogP contribution is -2.38. The molecule has 1 fully saturated rings. The molecular formula is C19H21N3. The minimum Gasteiger partial charge on any atom is -0.303 e. The zero-order chi connectivity index (χ0) is 15.4. The summed E-state index contributed by atoms with van der Waals surface area (Å²) >= 11 is 0. The zero-order valence-electron chi connectivity index (χ0n) is 12.9. The predicted octanol–water partition coefficient (Wildman–Crippen LogP) is 3.23. The van der Waals surface area contributed by atoms with E-state index in [1.54, 1.807) is 6.20 Å². The van der Waals surface area contributed by atoms with Gasteiger partial charge in [-0.25, -0.2) is 0 Å². The highest BCUT2D eigenvalue weighted by molar-refractivity contribution is 5.44. The number of nitriles is 1. The molecule has 0 saturated carbocycles. The summed E-state index contributed by atoms with van der Waals surface area (Å²) in [5, 5.41) is 10.2. The van der Waals surface area contributed by atoms with E-state index in [0.29, 0.717) is 0 Å². The first-order valence-electron chi connectivity index (χ1n) is 7.92. The molecule has 0 amide bonds. The van der Waals surface area contributed by atoms with Crippen molar-refractivity contribution in [1.82, 2.24) is 9.88 Å². The van der Waals surface area contributed by atoms with Gasteiger partial charge in [0, 0.05) is 18.7 Å². The Kier molecular flexibility index (Phi) is 4.22. The molecule has 1 aromatic carbocycles. The minimum atomic E-state index is -0.660. The first-order chi connectivity index (χ1) is 10.8. The molecule has 3 heteroatoms.